The maximum Gasteiger partial charge on any atom is 0.238 e. The van der Waals surface area contributed by atoms with E-state index in [9.17, 15) is 13.2 Å². The van der Waals surface area contributed by atoms with E-state index in [1.165, 1.54) is 6.07 Å². The summed E-state index contributed by atoms with van der Waals surface area (Å²) in [5.74, 6) is 1.13. The average Bonchev–Trinajstić information content (AvgIpc) is 3.36. The summed E-state index contributed by atoms with van der Waals surface area (Å²) in [7, 11) is -2.03. The molecule has 1 aliphatic heterocycles. The maximum absolute atomic E-state index is 12.6. The van der Waals surface area contributed by atoms with Crippen LogP contribution in [0.3, 0.4) is 0 Å². The molecule has 1 atom stereocenters. The van der Waals surface area contributed by atoms with E-state index in [1.54, 1.807) is 19.2 Å². The Bertz CT molecular complexity index is 834. The van der Waals surface area contributed by atoms with Crippen molar-refractivity contribution in [3.8, 4) is 0 Å². The fourth-order valence-electron chi connectivity index (χ4n) is 3.92. The van der Waals surface area contributed by atoms with Gasteiger partial charge in [-0.05, 0) is 37.0 Å². The number of carbonyl (C=O) groups is 1. The molecule has 0 aromatic heterocycles. The number of carbonyl (C=O) groups excluding carboxylic acids is 1. The van der Waals surface area contributed by atoms with Crippen molar-refractivity contribution in [2.75, 3.05) is 20.1 Å². The van der Waals surface area contributed by atoms with Gasteiger partial charge in [-0.25, -0.2) is 13.6 Å². The first-order valence-corrected chi connectivity index (χ1v) is 11.3. The number of hydrogen-bond acceptors (Lipinski definition) is 4. The number of nitrogens with two attached hydrogens (primary N) is 1. The molecule has 4 N–H and O–H groups in total. The molecule has 2 aliphatic rings. The van der Waals surface area contributed by atoms with E-state index >= 15 is 0 Å². The van der Waals surface area contributed by atoms with Crippen LogP contribution in [0.25, 0.3) is 0 Å². The molecule has 2 fully saturated rings. The molecular formula is C19H29N5O3S. The van der Waals surface area contributed by atoms with Crippen LogP contribution in [0.5, 0.6) is 0 Å². The largest absolute Gasteiger partial charge is 0.352 e. The lowest BCUT2D eigenvalue weighted by Crippen LogP contribution is -2.45. The summed E-state index contributed by atoms with van der Waals surface area (Å²) >= 11 is 0. The van der Waals surface area contributed by atoms with E-state index in [0.29, 0.717) is 25.0 Å². The van der Waals surface area contributed by atoms with Gasteiger partial charge in [-0.1, -0.05) is 25.0 Å². The van der Waals surface area contributed by atoms with Crippen molar-refractivity contribution >= 4 is 21.9 Å². The molecule has 28 heavy (non-hydrogen) atoms. The molecule has 1 saturated heterocycles. The van der Waals surface area contributed by atoms with Crippen LogP contribution < -0.4 is 15.8 Å². The third-order valence-corrected chi connectivity index (χ3v) is 6.37. The van der Waals surface area contributed by atoms with Crippen molar-refractivity contribution in [1.82, 2.24) is 15.5 Å². The third-order valence-electron chi connectivity index (χ3n) is 5.46. The molecule has 1 unspecified atom stereocenters. The van der Waals surface area contributed by atoms with E-state index < -0.39 is 10.0 Å². The van der Waals surface area contributed by atoms with Crippen LogP contribution in [0.15, 0.2) is 34.2 Å². The van der Waals surface area contributed by atoms with Crippen molar-refractivity contribution in [3.05, 3.63) is 29.8 Å². The summed E-state index contributed by atoms with van der Waals surface area (Å²) in [6.07, 6.45) is 5.26. The topological polar surface area (TPSA) is 117 Å². The van der Waals surface area contributed by atoms with Crippen LogP contribution in [0.4, 0.5) is 0 Å². The highest BCUT2D eigenvalue weighted by atomic mass is 32.2. The number of amides is 1. The molecule has 0 spiro atoms. The average molecular weight is 408 g/mol. The highest BCUT2D eigenvalue weighted by Crippen LogP contribution is 2.27. The molecule has 9 heteroatoms. The molecule has 1 aromatic carbocycles. The van der Waals surface area contributed by atoms with Gasteiger partial charge in [0.1, 0.15) is 0 Å². The quantitative estimate of drug-likeness (QED) is 0.493. The van der Waals surface area contributed by atoms with Crippen LogP contribution in [0.2, 0.25) is 0 Å². The molecule has 1 heterocycles. The van der Waals surface area contributed by atoms with Gasteiger partial charge in [0.05, 0.1) is 4.90 Å². The van der Waals surface area contributed by atoms with Gasteiger partial charge >= 0.3 is 0 Å². The van der Waals surface area contributed by atoms with Gasteiger partial charge < -0.3 is 15.5 Å². The Labute approximate surface area is 166 Å². The number of primary sulfonamides is 1. The molecule has 1 saturated carbocycles. The Morgan fingerprint density at radius 2 is 2.04 bits per heavy atom. The number of benzene rings is 1. The monoisotopic (exact) mass is 407 g/mol. The minimum absolute atomic E-state index is 0.0895. The van der Waals surface area contributed by atoms with Crippen LogP contribution in [-0.4, -0.2) is 51.4 Å². The lowest BCUT2D eigenvalue weighted by molar-refractivity contribution is -0.134. The van der Waals surface area contributed by atoms with Gasteiger partial charge in [-0.15, -0.1) is 0 Å². The highest BCUT2D eigenvalue weighted by molar-refractivity contribution is 7.89. The molecule has 0 radical (unpaired) electrons. The fourth-order valence-corrected chi connectivity index (χ4v) is 4.50. The number of nitrogens with one attached hydrogen (secondary N) is 2. The number of rotatable bonds is 5. The molecule has 0 bridgehead atoms. The number of nitrogens with zero attached hydrogens (tertiary/aromatic N) is 2. The minimum Gasteiger partial charge on any atom is -0.352 e. The molecular weight excluding hydrogens is 378 g/mol. The van der Waals surface area contributed by atoms with Crippen LogP contribution in [0.1, 0.15) is 37.7 Å². The van der Waals surface area contributed by atoms with E-state index in [0.717, 1.165) is 44.2 Å². The summed E-state index contributed by atoms with van der Waals surface area (Å²) in [6, 6.07) is 6.67. The lowest BCUT2D eigenvalue weighted by Gasteiger charge is -2.21. The van der Waals surface area contributed by atoms with Gasteiger partial charge in [-0.3, -0.25) is 9.79 Å². The second-order valence-electron chi connectivity index (χ2n) is 7.51. The summed E-state index contributed by atoms with van der Waals surface area (Å²) in [5, 5.41) is 11.7. The summed E-state index contributed by atoms with van der Waals surface area (Å²) in [4.78, 5) is 18.9. The highest BCUT2D eigenvalue weighted by Gasteiger charge is 2.32. The zero-order valence-electron chi connectivity index (χ0n) is 16.2. The fraction of sp³-hybridized carbons (Fsp3) is 0.579. The number of hydrogen-bond donors (Lipinski definition) is 3. The second-order valence-corrected chi connectivity index (χ2v) is 9.08. The minimum atomic E-state index is -3.72. The third kappa shape index (κ3) is 5.23. The number of guanidine groups is 1. The second kappa shape index (κ2) is 8.91. The Balaban J connectivity index is 1.51. The first-order chi connectivity index (χ1) is 13.4. The van der Waals surface area contributed by atoms with Crippen molar-refractivity contribution < 1.29 is 13.2 Å². The molecule has 154 valence electrons. The summed E-state index contributed by atoms with van der Waals surface area (Å²) in [6.45, 7) is 1.89. The maximum atomic E-state index is 12.6. The standard InChI is InChI=1S/C19H29N5O3S/c1-21-19(22-12-14-5-4-8-17(11-14)28(20,26)27)23-16-9-10-24(13-16)18(25)15-6-2-3-7-15/h4-5,8,11,15-16H,2-3,6-7,9-10,12-13H2,1H3,(H2,20,26,27)(H2,21,22,23). The smallest absolute Gasteiger partial charge is 0.238 e. The Kier molecular flexibility index (Phi) is 6.56. The molecule has 1 aliphatic carbocycles. The lowest BCUT2D eigenvalue weighted by atomic mass is 10.1. The zero-order valence-corrected chi connectivity index (χ0v) is 17.0. The van der Waals surface area contributed by atoms with Crippen molar-refractivity contribution in [2.24, 2.45) is 16.0 Å². The number of aliphatic imine (C=N–C) groups is 1. The first-order valence-electron chi connectivity index (χ1n) is 9.74. The number of sulfonamides is 1. The first kappa shape index (κ1) is 20.6. The van der Waals surface area contributed by atoms with Gasteiger partial charge in [0.2, 0.25) is 15.9 Å². The molecule has 8 nitrogen and oxygen atoms in total. The van der Waals surface area contributed by atoms with Crippen molar-refractivity contribution in [2.45, 2.75) is 49.6 Å². The molecule has 1 aromatic rings. The van der Waals surface area contributed by atoms with E-state index in [-0.39, 0.29) is 16.9 Å². The predicted octanol–water partition coefficient (Wildman–Crippen LogP) is 0.790. The zero-order chi connectivity index (χ0) is 20.1. The Hall–Kier alpha value is -2.13. The SMILES string of the molecule is CN=C(NCc1cccc(S(N)(=O)=O)c1)NC1CCN(C(=O)C2CCCC2)C1. The van der Waals surface area contributed by atoms with Crippen LogP contribution >= 0.6 is 0 Å². The van der Waals surface area contributed by atoms with Gasteiger partial charge in [0.25, 0.3) is 0 Å². The van der Waals surface area contributed by atoms with Gasteiger partial charge in [-0.2, -0.15) is 0 Å². The van der Waals surface area contributed by atoms with Crippen LogP contribution in [-0.2, 0) is 21.4 Å². The van der Waals surface area contributed by atoms with Crippen LogP contribution in [0, 0.1) is 5.92 Å². The Morgan fingerprint density at radius 1 is 1.29 bits per heavy atom. The summed E-state index contributed by atoms with van der Waals surface area (Å²) in [5.41, 5.74) is 0.791. The van der Waals surface area contributed by atoms with E-state index in [4.69, 9.17) is 5.14 Å². The van der Waals surface area contributed by atoms with Crippen molar-refractivity contribution in [3.63, 3.8) is 0 Å². The number of likely N-dealkylation sites (tertiary alicyclic amines) is 1. The predicted molar refractivity (Wildman–Crippen MR) is 108 cm³/mol. The van der Waals surface area contributed by atoms with E-state index in [1.807, 2.05) is 11.0 Å². The molecule has 3 rings (SSSR count). The Morgan fingerprint density at radius 3 is 2.71 bits per heavy atom. The van der Waals surface area contributed by atoms with Crippen molar-refractivity contribution in [1.29, 1.82) is 0 Å². The van der Waals surface area contributed by atoms with Gasteiger partial charge in [0, 0.05) is 38.6 Å². The van der Waals surface area contributed by atoms with E-state index in [2.05, 4.69) is 15.6 Å². The summed E-state index contributed by atoms with van der Waals surface area (Å²) < 4.78 is 23.0. The van der Waals surface area contributed by atoms with Gasteiger partial charge in [0.15, 0.2) is 5.96 Å². The normalized spacial score (nSPS) is 21.1. The molecule has 1 amide bonds.